The molecule has 0 N–H and O–H groups in total. The van der Waals surface area contributed by atoms with Gasteiger partial charge in [-0.2, -0.15) is 0 Å². The molecule has 4 nitrogen and oxygen atoms in total. The van der Waals surface area contributed by atoms with Gasteiger partial charge in [0.1, 0.15) is 0 Å². The summed E-state index contributed by atoms with van der Waals surface area (Å²) in [5, 5.41) is 2.35. The molecule has 0 fully saturated rings. The SMILES string of the molecule is Cc1ccc(-c2cc3cc4c(cc(-c5ccc(C)cc5)n4-c4ccc(N(c5ccc(C)cc5)c5ccc(C)cc5)cc4)cc3n2-c2ccc(N(c3ccc(C)cc3)c3ccc(C)cc3)cc2)cc1. The average Bonchev–Trinajstić information content (AvgIpc) is 3.92. The molecule has 0 saturated carbocycles. The van der Waals surface area contributed by atoms with Crippen LogP contribution in [-0.2, 0) is 0 Å². The van der Waals surface area contributed by atoms with E-state index in [1.165, 1.54) is 55.3 Å². The van der Waals surface area contributed by atoms with E-state index in [1.54, 1.807) is 0 Å². The first-order valence-corrected chi connectivity index (χ1v) is 23.6. The number of anilines is 6. The summed E-state index contributed by atoms with van der Waals surface area (Å²) < 4.78 is 4.88. The number of aryl methyl sites for hydroxylation is 6. The second kappa shape index (κ2) is 17.5. The summed E-state index contributed by atoms with van der Waals surface area (Å²) in [6.45, 7) is 12.9. The Hall–Kier alpha value is -8.34. The number of hydrogen-bond donors (Lipinski definition) is 0. The van der Waals surface area contributed by atoms with Crippen LogP contribution >= 0.6 is 0 Å². The maximum absolute atomic E-state index is 2.44. The second-order valence-electron chi connectivity index (χ2n) is 18.5. The van der Waals surface area contributed by atoms with Crippen LogP contribution in [0.2, 0.25) is 0 Å². The van der Waals surface area contributed by atoms with E-state index in [1.807, 2.05) is 0 Å². The van der Waals surface area contributed by atoms with E-state index in [0.717, 1.165) is 67.9 Å². The lowest BCUT2D eigenvalue weighted by Gasteiger charge is -2.26. The number of nitrogens with zero attached hydrogens (tertiary/aromatic N) is 4. The first-order valence-electron chi connectivity index (χ1n) is 23.6. The number of fused-ring (bicyclic) bond motifs is 2. The van der Waals surface area contributed by atoms with Crippen LogP contribution in [0.25, 0.3) is 55.7 Å². The van der Waals surface area contributed by atoms with Crippen LogP contribution in [0, 0.1) is 41.5 Å². The van der Waals surface area contributed by atoms with Gasteiger partial charge in [-0.05, 0) is 174 Å². The maximum atomic E-state index is 2.44. The van der Waals surface area contributed by atoms with Crippen LogP contribution in [0.4, 0.5) is 34.1 Å². The molecular formula is C64H54N4. The van der Waals surface area contributed by atoms with Crippen LogP contribution in [0.5, 0.6) is 0 Å². The molecule has 0 spiro atoms. The van der Waals surface area contributed by atoms with E-state index in [0.29, 0.717) is 0 Å². The quantitative estimate of drug-likeness (QED) is 0.136. The molecule has 68 heavy (non-hydrogen) atoms. The van der Waals surface area contributed by atoms with E-state index < -0.39 is 0 Å². The third-order valence-corrected chi connectivity index (χ3v) is 13.3. The van der Waals surface area contributed by atoms with Crippen molar-refractivity contribution in [3.8, 4) is 33.9 Å². The topological polar surface area (TPSA) is 16.3 Å². The summed E-state index contributed by atoms with van der Waals surface area (Å²) in [6, 6.07) is 80.6. The minimum Gasteiger partial charge on any atom is -0.311 e. The molecule has 9 aromatic carbocycles. The zero-order valence-electron chi connectivity index (χ0n) is 39.6. The Kier molecular flexibility index (Phi) is 10.9. The van der Waals surface area contributed by atoms with Crippen molar-refractivity contribution in [3.63, 3.8) is 0 Å². The standard InChI is InChI=1S/C64H54N4/c1-43-7-19-49(20-8-43)61-39-51-41-64-52(42-63(51)67(61)59-35-31-57(32-36-59)65(53-23-11-45(3)12-24-53)54-25-13-46(4)14-26-54)40-62(50-21-9-44(2)10-22-50)68(64)60-37-33-58(34-38-60)66(55-27-15-47(5)16-28-55)56-29-17-48(6)18-30-56/h7-42H,1-6H3. The summed E-state index contributed by atoms with van der Waals surface area (Å²) in [4.78, 5) is 4.68. The van der Waals surface area contributed by atoms with Crippen molar-refractivity contribution in [3.05, 3.63) is 252 Å². The van der Waals surface area contributed by atoms with E-state index >= 15 is 0 Å². The van der Waals surface area contributed by atoms with Gasteiger partial charge in [0.25, 0.3) is 0 Å². The summed E-state index contributed by atoms with van der Waals surface area (Å²) in [6.07, 6.45) is 0. The fourth-order valence-electron chi connectivity index (χ4n) is 9.51. The lowest BCUT2D eigenvalue weighted by atomic mass is 10.1. The summed E-state index contributed by atoms with van der Waals surface area (Å²) in [7, 11) is 0. The Bertz CT molecular complexity index is 3210. The molecule has 0 aliphatic carbocycles. The van der Waals surface area contributed by atoms with Gasteiger partial charge in [0, 0.05) is 56.3 Å². The largest absolute Gasteiger partial charge is 0.311 e. The Balaban J connectivity index is 1.07. The minimum absolute atomic E-state index is 1.10. The van der Waals surface area contributed by atoms with Gasteiger partial charge in [-0.15, -0.1) is 0 Å². The fourth-order valence-corrected chi connectivity index (χ4v) is 9.51. The van der Waals surface area contributed by atoms with Crippen LogP contribution in [0.1, 0.15) is 33.4 Å². The minimum atomic E-state index is 1.10. The Labute approximate surface area is 400 Å². The monoisotopic (exact) mass is 878 g/mol. The predicted octanol–water partition coefficient (Wildman–Crippen LogP) is 17.7. The summed E-state index contributed by atoms with van der Waals surface area (Å²) in [5.41, 5.74) is 23.3. The molecule has 0 aliphatic heterocycles. The van der Waals surface area contributed by atoms with Gasteiger partial charge in [0.15, 0.2) is 0 Å². The molecule has 0 aliphatic rings. The molecule has 2 heterocycles. The Morgan fingerprint density at radius 1 is 0.250 bits per heavy atom. The van der Waals surface area contributed by atoms with Crippen molar-refractivity contribution in [1.82, 2.24) is 9.13 Å². The van der Waals surface area contributed by atoms with Crippen LogP contribution < -0.4 is 9.80 Å². The van der Waals surface area contributed by atoms with Gasteiger partial charge in [0.05, 0.1) is 22.4 Å². The highest BCUT2D eigenvalue weighted by molar-refractivity contribution is 6.02. The molecule has 11 aromatic rings. The van der Waals surface area contributed by atoms with Crippen molar-refractivity contribution in [2.24, 2.45) is 0 Å². The normalized spacial score (nSPS) is 11.4. The van der Waals surface area contributed by atoms with Gasteiger partial charge in [-0.3, -0.25) is 0 Å². The smallest absolute Gasteiger partial charge is 0.0542 e. The lowest BCUT2D eigenvalue weighted by Crippen LogP contribution is -2.10. The maximum Gasteiger partial charge on any atom is 0.0542 e. The average molecular weight is 879 g/mol. The summed E-state index contributed by atoms with van der Waals surface area (Å²) >= 11 is 0. The molecule has 0 amide bonds. The van der Waals surface area contributed by atoms with Gasteiger partial charge in [-0.1, -0.05) is 130 Å². The first-order chi connectivity index (χ1) is 33.1. The predicted molar refractivity (Wildman–Crippen MR) is 289 cm³/mol. The third-order valence-electron chi connectivity index (χ3n) is 13.3. The zero-order chi connectivity index (χ0) is 46.5. The van der Waals surface area contributed by atoms with Crippen LogP contribution in [-0.4, -0.2) is 9.13 Å². The van der Waals surface area contributed by atoms with Crippen LogP contribution in [0.15, 0.2) is 218 Å². The molecule has 2 aromatic heterocycles. The second-order valence-corrected chi connectivity index (χ2v) is 18.5. The van der Waals surface area contributed by atoms with E-state index in [9.17, 15) is 0 Å². The number of hydrogen-bond acceptors (Lipinski definition) is 2. The fraction of sp³-hybridized carbons (Fsp3) is 0.0938. The van der Waals surface area contributed by atoms with Crippen molar-refractivity contribution >= 4 is 55.9 Å². The molecular weight excluding hydrogens is 825 g/mol. The number of rotatable bonds is 10. The number of benzene rings is 9. The molecule has 0 bridgehead atoms. The van der Waals surface area contributed by atoms with Crippen LogP contribution in [0.3, 0.4) is 0 Å². The van der Waals surface area contributed by atoms with Crippen molar-refractivity contribution in [2.75, 3.05) is 9.80 Å². The molecule has 330 valence electrons. The highest BCUT2D eigenvalue weighted by Crippen LogP contribution is 2.42. The highest BCUT2D eigenvalue weighted by Gasteiger charge is 2.21. The van der Waals surface area contributed by atoms with E-state index in [-0.39, 0.29) is 0 Å². The Morgan fingerprint density at radius 3 is 0.721 bits per heavy atom. The van der Waals surface area contributed by atoms with Gasteiger partial charge < -0.3 is 18.9 Å². The van der Waals surface area contributed by atoms with Crippen molar-refractivity contribution in [1.29, 1.82) is 0 Å². The van der Waals surface area contributed by atoms with Crippen molar-refractivity contribution < 1.29 is 0 Å². The Morgan fingerprint density at radius 2 is 0.471 bits per heavy atom. The lowest BCUT2D eigenvalue weighted by molar-refractivity contribution is 1.13. The molecule has 11 rings (SSSR count). The molecule has 0 radical (unpaired) electrons. The third kappa shape index (κ3) is 8.05. The molecule has 0 saturated heterocycles. The van der Waals surface area contributed by atoms with Gasteiger partial charge >= 0.3 is 0 Å². The zero-order valence-corrected chi connectivity index (χ0v) is 39.6. The summed E-state index contributed by atoms with van der Waals surface area (Å²) in [5.74, 6) is 0. The highest BCUT2D eigenvalue weighted by atomic mass is 15.1. The molecule has 0 unspecified atom stereocenters. The van der Waals surface area contributed by atoms with Crippen molar-refractivity contribution in [2.45, 2.75) is 41.5 Å². The first kappa shape index (κ1) is 42.3. The molecule has 4 heteroatoms. The van der Waals surface area contributed by atoms with Gasteiger partial charge in [-0.25, -0.2) is 0 Å². The van der Waals surface area contributed by atoms with E-state index in [4.69, 9.17) is 0 Å². The molecule has 0 atom stereocenters. The van der Waals surface area contributed by atoms with E-state index in [2.05, 4.69) is 279 Å². The van der Waals surface area contributed by atoms with Gasteiger partial charge in [0.2, 0.25) is 0 Å². The number of aromatic nitrogens is 2.